The monoisotopic (exact) mass is 1220 g/mol. The third-order valence-electron chi connectivity index (χ3n) is 18.1. The van der Waals surface area contributed by atoms with Crippen LogP contribution in [0.5, 0.6) is 0 Å². The highest BCUT2D eigenvalue weighted by Gasteiger charge is 2.21. The molecule has 0 aliphatic heterocycles. The van der Waals surface area contributed by atoms with Gasteiger partial charge in [-0.05, 0) is 172 Å². The molecule has 0 aliphatic carbocycles. The number of hydrogen-bond donors (Lipinski definition) is 0. The predicted molar refractivity (Wildman–Crippen MR) is 373 cm³/mol. The molecule has 444 valence electrons. The van der Waals surface area contributed by atoms with Gasteiger partial charge in [0.25, 0.3) is 0 Å². The molecular weight excluding hydrogens is 1170 g/mol. The molecule has 17 aromatic rings. The average Bonchev–Trinajstić information content (AvgIpc) is 1.80. The summed E-state index contributed by atoms with van der Waals surface area (Å²) in [5.74, 6) is -1.58. The van der Waals surface area contributed by atoms with E-state index in [0.717, 1.165) is 99.7 Å². The fraction of sp³-hybridized carbons (Fsp3) is 0.0244. The lowest BCUT2D eigenvalue weighted by atomic mass is 10.0. The number of benzene rings is 13. The van der Waals surface area contributed by atoms with E-state index in [9.17, 15) is 18.4 Å². The second-order valence-corrected chi connectivity index (χ2v) is 24.4. The van der Waals surface area contributed by atoms with Gasteiger partial charge in [-0.1, -0.05) is 170 Å². The smallest absolute Gasteiger partial charge is 0.338 e. The van der Waals surface area contributed by atoms with Gasteiger partial charge in [0.2, 0.25) is 0 Å². The van der Waals surface area contributed by atoms with Gasteiger partial charge < -0.3 is 32.3 Å². The molecule has 0 saturated heterocycles. The molecule has 4 heterocycles. The number of fused-ring (bicyclic) bond motifs is 12. The number of nitrogens with zero attached hydrogens (tertiary/aromatic N) is 4. The van der Waals surface area contributed by atoms with Crippen molar-refractivity contribution in [3.8, 4) is 45.0 Å². The van der Waals surface area contributed by atoms with Gasteiger partial charge in [-0.2, -0.15) is 0 Å². The molecular formula is C82H53N4O6S-. The molecule has 0 spiro atoms. The molecule has 0 aliphatic rings. The lowest BCUT2D eigenvalue weighted by Gasteiger charge is -2.12. The van der Waals surface area contributed by atoms with Crippen LogP contribution in [0.1, 0.15) is 31.8 Å². The van der Waals surface area contributed by atoms with Crippen molar-refractivity contribution in [2.24, 2.45) is 0 Å². The van der Waals surface area contributed by atoms with E-state index in [4.69, 9.17) is 9.47 Å². The minimum absolute atomic E-state index is 0.0977. The first-order valence-electron chi connectivity index (χ1n) is 30.8. The Kier molecular flexibility index (Phi) is 13.4. The summed E-state index contributed by atoms with van der Waals surface area (Å²) in [7, 11) is 0. The second-order valence-electron chi connectivity index (χ2n) is 23.5. The van der Waals surface area contributed by atoms with Crippen molar-refractivity contribution in [3.63, 3.8) is 0 Å². The summed E-state index contributed by atoms with van der Waals surface area (Å²) in [5.41, 5.74) is 18.5. The summed E-state index contributed by atoms with van der Waals surface area (Å²) in [6, 6.07) is 101. The van der Waals surface area contributed by atoms with Gasteiger partial charge in [-0.3, -0.25) is 4.21 Å². The van der Waals surface area contributed by atoms with Crippen LogP contribution in [0.3, 0.4) is 0 Å². The lowest BCUT2D eigenvalue weighted by Crippen LogP contribution is -2.11. The molecule has 1 unspecified atom stereocenters. The molecule has 17 rings (SSSR count). The van der Waals surface area contributed by atoms with Crippen molar-refractivity contribution in [2.75, 3.05) is 0 Å². The van der Waals surface area contributed by atoms with Crippen molar-refractivity contribution < 1.29 is 27.8 Å². The highest BCUT2D eigenvalue weighted by atomic mass is 32.2. The van der Waals surface area contributed by atoms with E-state index in [1.165, 1.54) is 61.8 Å². The van der Waals surface area contributed by atoms with E-state index < -0.39 is 23.0 Å². The van der Waals surface area contributed by atoms with E-state index in [1.807, 2.05) is 60.7 Å². The first kappa shape index (κ1) is 55.2. The highest BCUT2D eigenvalue weighted by Crippen LogP contribution is 2.39. The summed E-state index contributed by atoms with van der Waals surface area (Å²) in [4.78, 5) is 27.5. The zero-order valence-electron chi connectivity index (χ0n) is 49.9. The molecule has 0 fully saturated rings. The van der Waals surface area contributed by atoms with E-state index in [-0.39, 0.29) is 29.2 Å². The molecule has 1 atom stereocenters. The summed E-state index contributed by atoms with van der Waals surface area (Å²) in [6.07, 6.45) is 0. The van der Waals surface area contributed by atoms with Crippen LogP contribution in [0, 0.1) is 0 Å². The molecule has 0 N–H and O–H groups in total. The molecule has 4 aromatic heterocycles. The Bertz CT molecular complexity index is 5420. The number of esters is 2. The molecule has 11 heteroatoms. The van der Waals surface area contributed by atoms with Crippen molar-refractivity contribution >= 4 is 110 Å². The van der Waals surface area contributed by atoms with Crippen molar-refractivity contribution in [2.45, 2.75) is 18.1 Å². The summed E-state index contributed by atoms with van der Waals surface area (Å²) in [6.45, 7) is -0.207. The van der Waals surface area contributed by atoms with E-state index in [1.54, 1.807) is 0 Å². The van der Waals surface area contributed by atoms with Crippen molar-refractivity contribution in [3.05, 3.63) is 320 Å². The van der Waals surface area contributed by atoms with Crippen LogP contribution in [0.25, 0.3) is 132 Å². The molecule has 0 amide bonds. The van der Waals surface area contributed by atoms with Crippen LogP contribution < -0.4 is 0 Å². The fourth-order valence-corrected chi connectivity index (χ4v) is 14.2. The van der Waals surface area contributed by atoms with Gasteiger partial charge in [0.1, 0.15) is 13.2 Å². The zero-order chi connectivity index (χ0) is 62.3. The number of hydrogen-bond acceptors (Lipinski definition) is 6. The maximum absolute atomic E-state index is 13.9. The Morgan fingerprint density at radius 2 is 0.538 bits per heavy atom. The van der Waals surface area contributed by atoms with Gasteiger partial charge in [-0.25, -0.2) is 9.59 Å². The van der Waals surface area contributed by atoms with Gasteiger partial charge in [0.15, 0.2) is 0 Å². The lowest BCUT2D eigenvalue weighted by molar-refractivity contribution is 0.0470. The normalized spacial score (nSPS) is 12.1. The molecule has 0 radical (unpaired) electrons. The van der Waals surface area contributed by atoms with Crippen LogP contribution in [-0.2, 0) is 33.8 Å². The Morgan fingerprint density at radius 3 is 0.806 bits per heavy atom. The number of carbonyl (C=O) groups is 2. The van der Waals surface area contributed by atoms with E-state index in [2.05, 4.69) is 237 Å². The summed E-state index contributed by atoms with van der Waals surface area (Å²) < 4.78 is 45.8. The van der Waals surface area contributed by atoms with Gasteiger partial charge in [0.05, 0.1) is 55.3 Å². The maximum atomic E-state index is 13.9. The summed E-state index contributed by atoms with van der Waals surface area (Å²) in [5, 5.41) is 8.93. The first-order valence-corrected chi connectivity index (χ1v) is 31.9. The maximum Gasteiger partial charge on any atom is 0.338 e. The predicted octanol–water partition coefficient (Wildman–Crippen LogP) is 19.4. The number of ether oxygens (including phenoxy) is 2. The molecule has 93 heavy (non-hydrogen) atoms. The Labute approximate surface area is 535 Å². The Hall–Kier alpha value is -11.9. The van der Waals surface area contributed by atoms with Crippen molar-refractivity contribution in [1.82, 2.24) is 18.3 Å². The topological polar surface area (TPSA) is 112 Å². The average molecular weight is 1220 g/mol. The number of rotatable bonds is 13. The Morgan fingerprint density at radius 1 is 0.290 bits per heavy atom. The van der Waals surface area contributed by atoms with Crippen LogP contribution in [0.4, 0.5) is 0 Å². The molecule has 10 nitrogen and oxygen atoms in total. The largest absolute Gasteiger partial charge is 0.768 e. The van der Waals surface area contributed by atoms with Crippen LogP contribution in [-0.4, -0.2) is 39.0 Å². The summed E-state index contributed by atoms with van der Waals surface area (Å²) >= 11 is -2.77. The van der Waals surface area contributed by atoms with Crippen LogP contribution in [0.15, 0.2) is 302 Å². The third-order valence-corrected chi connectivity index (χ3v) is 18.7. The van der Waals surface area contributed by atoms with Gasteiger partial charge >= 0.3 is 11.9 Å². The van der Waals surface area contributed by atoms with Crippen molar-refractivity contribution in [1.29, 1.82) is 0 Å². The molecule has 0 bridgehead atoms. The number of para-hydroxylation sites is 6. The van der Waals surface area contributed by atoms with Gasteiger partial charge in [-0.15, -0.1) is 0 Å². The zero-order valence-corrected chi connectivity index (χ0v) is 50.7. The SMILES string of the molecule is O=C(OCc1ccc2c(c1)c1ccccc1n2-c1ccc(-c2ccc(-n3c4ccccc4c4ccccc43)cc2)cc1)c1cc(C(=O)OCc2ccc3c(c2)c2ccccc2n3-c2ccc(-c3ccc(-n4c5ccccc5c5ccccc54)cc3)cc2)cc(S(=O)[O-])c1. The van der Waals surface area contributed by atoms with Crippen LogP contribution in [0.2, 0.25) is 0 Å². The Balaban J connectivity index is 0.579. The third kappa shape index (κ3) is 9.56. The second kappa shape index (κ2) is 22.5. The quantitative estimate of drug-likeness (QED) is 0.0839. The molecule has 13 aromatic carbocycles. The van der Waals surface area contributed by atoms with E-state index >= 15 is 0 Å². The van der Waals surface area contributed by atoms with Crippen LogP contribution >= 0.6 is 0 Å². The standard InChI is InChI=1S/C82H54N4O6S/c87-81(91-50-52-25-43-79-71(45-52)69-17-5-11-23-77(69)85(79)62-39-31-56(32-40-62)54-27-35-60(36-28-54)83-73-19-7-1-13-65(73)66-14-2-8-20-74(66)83)58-47-59(49-64(48-58)93(89)90)82(88)92-51-53-26-44-80-72(46-53)70-18-6-12-24-78(70)86(80)63-41-33-57(34-42-63)55-29-37-61(38-30-55)84-75-21-9-3-15-67(75)68-16-4-10-22-76(68)84/h1-49H,50-51H2,(H,89,90)/p-1. The fourth-order valence-electron chi connectivity index (χ4n) is 13.8. The first-order chi connectivity index (χ1) is 45.8. The number of carbonyl (C=O) groups excluding carboxylic acids is 2. The number of aromatic nitrogens is 4. The van der Waals surface area contributed by atoms with E-state index in [0.29, 0.717) is 0 Å². The minimum atomic E-state index is -2.77. The van der Waals surface area contributed by atoms with Gasteiger partial charge in [0, 0.05) is 70.7 Å². The minimum Gasteiger partial charge on any atom is -0.768 e. The molecule has 0 saturated carbocycles. The highest BCUT2D eigenvalue weighted by molar-refractivity contribution is 7.79.